The summed E-state index contributed by atoms with van der Waals surface area (Å²) in [6.45, 7) is 3.97. The fraction of sp³-hybridized carbons (Fsp3) is 0.333. The Kier molecular flexibility index (Phi) is 2.54. The molecule has 1 aromatic carbocycles. The zero-order chi connectivity index (χ0) is 10.8. The third-order valence-corrected chi connectivity index (χ3v) is 2.95. The van der Waals surface area contributed by atoms with Gasteiger partial charge in [0, 0.05) is 11.8 Å². The molecule has 0 bridgehead atoms. The van der Waals surface area contributed by atoms with E-state index in [1.807, 2.05) is 44.2 Å². The smallest absolute Gasteiger partial charge is 0.243 e. The molecule has 3 nitrogen and oxygen atoms in total. The monoisotopic (exact) mass is 202 g/mol. The van der Waals surface area contributed by atoms with Crippen molar-refractivity contribution in [2.75, 3.05) is 0 Å². The maximum atomic E-state index is 11.4. The number of hydrogen-bond acceptors (Lipinski definition) is 2. The zero-order valence-corrected chi connectivity index (χ0v) is 8.90. The molecule has 0 spiro atoms. The molecular formula is C12H14N2O. The van der Waals surface area contributed by atoms with E-state index in [0.29, 0.717) is 0 Å². The van der Waals surface area contributed by atoms with Crippen LogP contribution >= 0.6 is 0 Å². The van der Waals surface area contributed by atoms with E-state index in [0.717, 1.165) is 11.3 Å². The number of hydrazone groups is 1. The molecule has 1 N–H and O–H groups in total. The van der Waals surface area contributed by atoms with Gasteiger partial charge in [0.05, 0.1) is 5.71 Å². The molecule has 0 saturated carbocycles. The molecule has 0 fully saturated rings. The summed E-state index contributed by atoms with van der Waals surface area (Å²) in [5.74, 6) is 0.154. The molecule has 3 heteroatoms. The van der Waals surface area contributed by atoms with E-state index in [1.54, 1.807) is 0 Å². The molecule has 2 unspecified atom stereocenters. The van der Waals surface area contributed by atoms with Gasteiger partial charge in [-0.1, -0.05) is 44.2 Å². The highest BCUT2D eigenvalue weighted by Gasteiger charge is 2.29. The Morgan fingerprint density at radius 3 is 2.47 bits per heavy atom. The molecule has 78 valence electrons. The van der Waals surface area contributed by atoms with Gasteiger partial charge in [0.25, 0.3) is 0 Å². The van der Waals surface area contributed by atoms with Gasteiger partial charge < -0.3 is 0 Å². The van der Waals surface area contributed by atoms with Crippen molar-refractivity contribution in [2.24, 2.45) is 16.9 Å². The van der Waals surface area contributed by atoms with Gasteiger partial charge in [0.15, 0.2) is 0 Å². The van der Waals surface area contributed by atoms with Gasteiger partial charge >= 0.3 is 0 Å². The quantitative estimate of drug-likeness (QED) is 0.741. The van der Waals surface area contributed by atoms with Crippen molar-refractivity contribution in [3.8, 4) is 0 Å². The first kappa shape index (κ1) is 9.90. The lowest BCUT2D eigenvalue weighted by Crippen LogP contribution is -2.39. The minimum Gasteiger partial charge on any atom is -0.273 e. The number of nitrogens with one attached hydrogen (secondary N) is 1. The van der Waals surface area contributed by atoms with Crippen molar-refractivity contribution in [3.05, 3.63) is 35.9 Å². The van der Waals surface area contributed by atoms with Gasteiger partial charge in [-0.25, -0.2) is 5.43 Å². The topological polar surface area (TPSA) is 41.5 Å². The van der Waals surface area contributed by atoms with Gasteiger partial charge in [-0.2, -0.15) is 5.10 Å². The normalized spacial score (nSPS) is 25.7. The van der Waals surface area contributed by atoms with Crippen LogP contribution in [-0.4, -0.2) is 11.6 Å². The molecule has 0 aliphatic carbocycles. The lowest BCUT2D eigenvalue weighted by Gasteiger charge is -2.25. The van der Waals surface area contributed by atoms with E-state index in [9.17, 15) is 4.79 Å². The number of rotatable bonds is 1. The van der Waals surface area contributed by atoms with Crippen molar-refractivity contribution in [2.45, 2.75) is 13.8 Å². The van der Waals surface area contributed by atoms with Crippen LogP contribution < -0.4 is 5.43 Å². The summed E-state index contributed by atoms with van der Waals surface area (Å²) in [6, 6.07) is 9.95. The Labute approximate surface area is 89.2 Å². The number of benzene rings is 1. The fourth-order valence-electron chi connectivity index (χ4n) is 1.72. The van der Waals surface area contributed by atoms with Crippen LogP contribution in [0.25, 0.3) is 0 Å². The van der Waals surface area contributed by atoms with Crippen LogP contribution in [0.4, 0.5) is 0 Å². The van der Waals surface area contributed by atoms with Crippen LogP contribution in [0, 0.1) is 11.8 Å². The van der Waals surface area contributed by atoms with Crippen molar-refractivity contribution >= 4 is 11.6 Å². The van der Waals surface area contributed by atoms with Crippen molar-refractivity contribution in [1.29, 1.82) is 0 Å². The van der Waals surface area contributed by atoms with Gasteiger partial charge in [-0.3, -0.25) is 4.79 Å². The van der Waals surface area contributed by atoms with Crippen molar-refractivity contribution in [1.82, 2.24) is 5.43 Å². The van der Waals surface area contributed by atoms with Crippen LogP contribution in [0.2, 0.25) is 0 Å². The minimum atomic E-state index is -0.0160. The summed E-state index contributed by atoms with van der Waals surface area (Å²) in [4.78, 5) is 11.4. The van der Waals surface area contributed by atoms with Gasteiger partial charge in [-0.15, -0.1) is 0 Å². The average Bonchev–Trinajstić information content (AvgIpc) is 2.27. The molecule has 15 heavy (non-hydrogen) atoms. The average molecular weight is 202 g/mol. The van der Waals surface area contributed by atoms with E-state index in [2.05, 4.69) is 10.5 Å². The fourth-order valence-corrected chi connectivity index (χ4v) is 1.72. The molecule has 0 aromatic heterocycles. The largest absolute Gasteiger partial charge is 0.273 e. The highest BCUT2D eigenvalue weighted by Crippen LogP contribution is 2.21. The van der Waals surface area contributed by atoms with E-state index in [-0.39, 0.29) is 17.7 Å². The van der Waals surface area contributed by atoms with Crippen LogP contribution in [0.1, 0.15) is 19.4 Å². The summed E-state index contributed by atoms with van der Waals surface area (Å²) < 4.78 is 0. The molecule has 1 aliphatic heterocycles. The van der Waals surface area contributed by atoms with Gasteiger partial charge in [-0.05, 0) is 5.56 Å². The molecular weight excluding hydrogens is 188 g/mol. The van der Waals surface area contributed by atoms with Gasteiger partial charge in [0.2, 0.25) is 5.91 Å². The number of hydrogen-bond donors (Lipinski definition) is 1. The van der Waals surface area contributed by atoms with Gasteiger partial charge in [0.1, 0.15) is 0 Å². The first-order valence-corrected chi connectivity index (χ1v) is 5.13. The summed E-state index contributed by atoms with van der Waals surface area (Å²) in [6.07, 6.45) is 0. The Bertz CT molecular complexity index is 397. The molecule has 1 heterocycles. The third kappa shape index (κ3) is 1.77. The minimum absolute atomic E-state index is 0.00202. The van der Waals surface area contributed by atoms with E-state index < -0.39 is 0 Å². The summed E-state index contributed by atoms with van der Waals surface area (Å²) in [5.41, 5.74) is 4.60. The Morgan fingerprint density at radius 2 is 1.80 bits per heavy atom. The summed E-state index contributed by atoms with van der Waals surface area (Å²) >= 11 is 0. The SMILES string of the molecule is CC1C(=O)NN=C(c2ccccc2)C1C. The van der Waals surface area contributed by atoms with Crippen LogP contribution in [0.15, 0.2) is 35.4 Å². The third-order valence-electron chi connectivity index (χ3n) is 2.95. The van der Waals surface area contributed by atoms with E-state index in [4.69, 9.17) is 0 Å². The number of nitrogens with zero attached hydrogens (tertiary/aromatic N) is 1. The van der Waals surface area contributed by atoms with Crippen molar-refractivity contribution < 1.29 is 4.79 Å². The molecule has 0 radical (unpaired) electrons. The predicted octanol–water partition coefficient (Wildman–Crippen LogP) is 1.79. The second-order valence-electron chi connectivity index (χ2n) is 3.92. The maximum Gasteiger partial charge on any atom is 0.243 e. The first-order chi connectivity index (χ1) is 7.20. The second-order valence-corrected chi connectivity index (χ2v) is 3.92. The Hall–Kier alpha value is -1.64. The van der Waals surface area contributed by atoms with Crippen molar-refractivity contribution in [3.63, 3.8) is 0 Å². The number of carbonyl (C=O) groups is 1. The van der Waals surface area contributed by atoms with E-state index >= 15 is 0 Å². The standard InChI is InChI=1S/C12H14N2O/c1-8-9(2)12(15)14-13-11(8)10-6-4-3-5-7-10/h3-9H,1-2H3,(H,14,15). The lowest BCUT2D eigenvalue weighted by molar-refractivity contribution is -0.125. The zero-order valence-electron chi connectivity index (χ0n) is 8.90. The van der Waals surface area contributed by atoms with E-state index in [1.165, 1.54) is 0 Å². The summed E-state index contributed by atoms with van der Waals surface area (Å²) in [7, 11) is 0. The molecule has 0 saturated heterocycles. The maximum absolute atomic E-state index is 11.4. The molecule has 1 aliphatic rings. The summed E-state index contributed by atoms with van der Waals surface area (Å²) in [5, 5.41) is 4.13. The van der Waals surface area contributed by atoms with Crippen LogP contribution in [0.3, 0.4) is 0 Å². The molecule has 2 atom stereocenters. The Balaban J connectivity index is 2.35. The lowest BCUT2D eigenvalue weighted by atomic mass is 9.86. The molecule has 1 aromatic rings. The second kappa shape index (κ2) is 3.85. The number of carbonyl (C=O) groups excluding carboxylic acids is 1. The molecule has 2 rings (SSSR count). The highest BCUT2D eigenvalue weighted by molar-refractivity contribution is 6.06. The van der Waals surface area contributed by atoms with Crippen LogP contribution in [0.5, 0.6) is 0 Å². The Morgan fingerprint density at radius 1 is 1.13 bits per heavy atom. The predicted molar refractivity (Wildman–Crippen MR) is 59.4 cm³/mol. The van der Waals surface area contributed by atoms with Crippen LogP contribution in [-0.2, 0) is 4.79 Å². The highest BCUT2D eigenvalue weighted by atomic mass is 16.2. The molecule has 1 amide bonds. The first-order valence-electron chi connectivity index (χ1n) is 5.13. The number of amides is 1.